The Balaban J connectivity index is 1.69. The summed E-state index contributed by atoms with van der Waals surface area (Å²) in [5.41, 5.74) is 1.78. The Morgan fingerprint density at radius 1 is 1.30 bits per heavy atom. The van der Waals surface area contributed by atoms with Gasteiger partial charge in [-0.15, -0.1) is 0 Å². The van der Waals surface area contributed by atoms with Gasteiger partial charge in [0.1, 0.15) is 5.82 Å². The highest BCUT2D eigenvalue weighted by molar-refractivity contribution is 5.33. The van der Waals surface area contributed by atoms with Gasteiger partial charge < -0.3 is 4.57 Å². The molecule has 3 nitrogen and oxygen atoms in total. The van der Waals surface area contributed by atoms with Gasteiger partial charge in [0.2, 0.25) is 0 Å². The summed E-state index contributed by atoms with van der Waals surface area (Å²) < 4.78 is 31.6. The number of halogens is 2. The quantitative estimate of drug-likeness (QED) is 0.842. The summed E-state index contributed by atoms with van der Waals surface area (Å²) in [6.07, 6.45) is 5.66. The van der Waals surface area contributed by atoms with E-state index < -0.39 is 12.0 Å². The molecule has 3 atom stereocenters. The van der Waals surface area contributed by atoms with Crippen LogP contribution in [0.15, 0.2) is 36.7 Å². The number of hydrogen-bond acceptors (Lipinski definition) is 2. The number of aromatic nitrogens is 2. The van der Waals surface area contributed by atoms with E-state index in [0.29, 0.717) is 12.5 Å². The molecule has 3 unspecified atom stereocenters. The first kappa shape index (κ1) is 14.8. The monoisotopic (exact) mass is 317 g/mol. The third-order valence-corrected chi connectivity index (χ3v) is 5.17. The maximum atomic E-state index is 14.8. The lowest BCUT2D eigenvalue weighted by Crippen LogP contribution is -2.38. The summed E-state index contributed by atoms with van der Waals surface area (Å²) in [5.74, 6) is -1.87. The zero-order valence-electron chi connectivity index (χ0n) is 13.2. The lowest BCUT2D eigenvalue weighted by molar-refractivity contribution is -0.0488. The summed E-state index contributed by atoms with van der Waals surface area (Å²) in [5, 5.41) is 3.24. The molecule has 0 amide bonds. The molecule has 1 aliphatic heterocycles. The number of hydrogen-bond donors (Lipinski definition) is 1. The molecule has 2 aliphatic rings. The Morgan fingerprint density at radius 2 is 2.13 bits per heavy atom. The minimum Gasteiger partial charge on any atom is -0.331 e. The zero-order valence-corrected chi connectivity index (χ0v) is 13.2. The Labute approximate surface area is 134 Å². The number of alkyl halides is 2. The largest absolute Gasteiger partial charge is 0.331 e. The summed E-state index contributed by atoms with van der Waals surface area (Å²) in [4.78, 5) is 4.38. The Hall–Kier alpha value is -1.75. The van der Waals surface area contributed by atoms with E-state index in [1.807, 2.05) is 30.5 Å². The number of aryl methyl sites for hydroxylation is 1. The minimum atomic E-state index is -2.74. The zero-order chi connectivity index (χ0) is 16.0. The molecule has 4 rings (SSSR count). The SMILES string of the molecule is CC1CC(NC2c3ccccc3CCCC2(F)F)c2nccn21. The first-order valence-corrected chi connectivity index (χ1v) is 8.30. The van der Waals surface area contributed by atoms with Crippen LogP contribution < -0.4 is 5.32 Å². The first-order valence-electron chi connectivity index (χ1n) is 8.30. The van der Waals surface area contributed by atoms with Gasteiger partial charge >= 0.3 is 0 Å². The van der Waals surface area contributed by atoms with Crippen molar-refractivity contribution in [2.45, 2.75) is 56.7 Å². The van der Waals surface area contributed by atoms with E-state index in [0.717, 1.165) is 29.8 Å². The highest BCUT2D eigenvalue weighted by Gasteiger charge is 2.45. The predicted molar refractivity (Wildman–Crippen MR) is 84.5 cm³/mol. The molecule has 0 radical (unpaired) electrons. The van der Waals surface area contributed by atoms with Crippen molar-refractivity contribution in [1.82, 2.24) is 14.9 Å². The number of rotatable bonds is 2. The summed E-state index contributed by atoms with van der Waals surface area (Å²) >= 11 is 0. The molecule has 0 bridgehead atoms. The molecule has 1 aromatic carbocycles. The maximum Gasteiger partial charge on any atom is 0.267 e. The molecule has 2 heterocycles. The fourth-order valence-electron chi connectivity index (χ4n) is 4.01. The van der Waals surface area contributed by atoms with E-state index in [1.165, 1.54) is 0 Å². The Morgan fingerprint density at radius 3 is 3.00 bits per heavy atom. The molecule has 1 aliphatic carbocycles. The molecule has 122 valence electrons. The van der Waals surface area contributed by atoms with Gasteiger partial charge in [0.15, 0.2) is 0 Å². The van der Waals surface area contributed by atoms with Crippen LogP contribution in [0.2, 0.25) is 0 Å². The first-order chi connectivity index (χ1) is 11.1. The van der Waals surface area contributed by atoms with Crippen molar-refractivity contribution in [3.05, 3.63) is 53.6 Å². The molecule has 0 spiro atoms. The van der Waals surface area contributed by atoms with Crippen molar-refractivity contribution in [3.8, 4) is 0 Å². The van der Waals surface area contributed by atoms with E-state index in [9.17, 15) is 8.78 Å². The maximum absolute atomic E-state index is 14.8. The molecule has 1 aromatic heterocycles. The number of imidazole rings is 1. The molecule has 1 N–H and O–H groups in total. The van der Waals surface area contributed by atoms with Gasteiger partial charge in [0.05, 0.1) is 12.1 Å². The number of nitrogens with one attached hydrogen (secondary N) is 1. The molecule has 0 saturated heterocycles. The Bertz CT molecular complexity index is 710. The average molecular weight is 317 g/mol. The molecule has 5 heteroatoms. The number of benzene rings is 1. The lowest BCUT2D eigenvalue weighted by atomic mass is 9.95. The van der Waals surface area contributed by atoms with Crippen LogP contribution >= 0.6 is 0 Å². The van der Waals surface area contributed by atoms with Gasteiger partial charge in [-0.2, -0.15) is 0 Å². The highest BCUT2D eigenvalue weighted by Crippen LogP contribution is 2.43. The van der Waals surface area contributed by atoms with Crippen molar-refractivity contribution in [1.29, 1.82) is 0 Å². The van der Waals surface area contributed by atoms with Crippen molar-refractivity contribution in [2.24, 2.45) is 0 Å². The van der Waals surface area contributed by atoms with Gasteiger partial charge in [-0.05, 0) is 37.3 Å². The second kappa shape index (κ2) is 5.41. The topological polar surface area (TPSA) is 29.9 Å². The number of nitrogens with zero attached hydrogens (tertiary/aromatic N) is 2. The van der Waals surface area contributed by atoms with Gasteiger partial charge in [0, 0.05) is 24.9 Å². The van der Waals surface area contributed by atoms with Crippen LogP contribution in [0.5, 0.6) is 0 Å². The van der Waals surface area contributed by atoms with Crippen LogP contribution in [-0.2, 0) is 6.42 Å². The van der Waals surface area contributed by atoms with E-state index in [2.05, 4.69) is 21.8 Å². The molecular formula is C18H21F2N3. The summed E-state index contributed by atoms with van der Waals surface area (Å²) in [6.45, 7) is 2.10. The lowest BCUT2D eigenvalue weighted by Gasteiger charge is -2.30. The summed E-state index contributed by atoms with van der Waals surface area (Å²) in [6, 6.07) is 6.83. The van der Waals surface area contributed by atoms with Crippen LogP contribution in [0.1, 0.15) is 61.3 Å². The highest BCUT2D eigenvalue weighted by atomic mass is 19.3. The van der Waals surface area contributed by atoms with Crippen LogP contribution in [0, 0.1) is 0 Å². The second-order valence-electron chi connectivity index (χ2n) is 6.74. The van der Waals surface area contributed by atoms with Gasteiger partial charge in [0.25, 0.3) is 5.92 Å². The van der Waals surface area contributed by atoms with Gasteiger partial charge in [-0.1, -0.05) is 24.3 Å². The fraction of sp³-hybridized carbons (Fsp3) is 0.500. The smallest absolute Gasteiger partial charge is 0.267 e. The van der Waals surface area contributed by atoms with Crippen LogP contribution in [0.3, 0.4) is 0 Å². The molecule has 0 saturated carbocycles. The van der Waals surface area contributed by atoms with Crippen LogP contribution in [0.25, 0.3) is 0 Å². The van der Waals surface area contributed by atoms with Gasteiger partial charge in [-0.3, -0.25) is 5.32 Å². The van der Waals surface area contributed by atoms with Crippen molar-refractivity contribution in [2.75, 3.05) is 0 Å². The van der Waals surface area contributed by atoms with Crippen molar-refractivity contribution in [3.63, 3.8) is 0 Å². The second-order valence-corrected chi connectivity index (χ2v) is 6.74. The fourth-order valence-corrected chi connectivity index (χ4v) is 4.01. The minimum absolute atomic E-state index is 0.0734. The normalized spacial score (nSPS) is 28.9. The Kier molecular flexibility index (Phi) is 3.48. The third kappa shape index (κ3) is 2.47. The van der Waals surface area contributed by atoms with Gasteiger partial charge in [-0.25, -0.2) is 13.8 Å². The van der Waals surface area contributed by atoms with E-state index in [1.54, 1.807) is 6.20 Å². The van der Waals surface area contributed by atoms with Crippen molar-refractivity contribution >= 4 is 0 Å². The third-order valence-electron chi connectivity index (χ3n) is 5.17. The molecule has 23 heavy (non-hydrogen) atoms. The molecular weight excluding hydrogens is 296 g/mol. The van der Waals surface area contributed by atoms with Crippen LogP contribution in [0.4, 0.5) is 8.78 Å². The van der Waals surface area contributed by atoms with E-state index in [-0.39, 0.29) is 12.5 Å². The van der Waals surface area contributed by atoms with E-state index in [4.69, 9.17) is 0 Å². The number of fused-ring (bicyclic) bond motifs is 2. The van der Waals surface area contributed by atoms with Crippen LogP contribution in [-0.4, -0.2) is 15.5 Å². The van der Waals surface area contributed by atoms with Crippen molar-refractivity contribution < 1.29 is 8.78 Å². The average Bonchev–Trinajstić information content (AvgIpc) is 3.07. The molecule has 0 fully saturated rings. The standard InChI is InChI=1S/C18H21F2N3/c1-12-11-15(17-21-9-10-23(12)17)22-16-14-7-3-2-5-13(14)6-4-8-18(16,19)20/h2-3,5,7,9-10,12,15-16,22H,4,6,8,11H2,1H3. The molecule has 2 aromatic rings. The predicted octanol–water partition coefficient (Wildman–Crippen LogP) is 4.19. The summed E-state index contributed by atoms with van der Waals surface area (Å²) in [7, 11) is 0. The van der Waals surface area contributed by atoms with E-state index >= 15 is 0 Å².